The lowest BCUT2D eigenvalue weighted by Gasteiger charge is -2.25. The first-order valence-corrected chi connectivity index (χ1v) is 13.6. The summed E-state index contributed by atoms with van der Waals surface area (Å²) in [5.74, 6) is -0.207. The molecule has 0 radical (unpaired) electrons. The first-order valence-electron chi connectivity index (χ1n) is 12.1. The van der Waals surface area contributed by atoms with Crippen LogP contribution < -0.4 is 14.5 Å². The molecule has 7 nitrogen and oxygen atoms in total. The molecule has 0 heterocycles. The van der Waals surface area contributed by atoms with Crippen molar-refractivity contribution in [1.29, 1.82) is 0 Å². The Kier molecular flexibility index (Phi) is 6.92. The molecule has 0 aliphatic heterocycles. The van der Waals surface area contributed by atoms with Crippen LogP contribution in [0, 0.1) is 0 Å². The maximum atomic E-state index is 13.6. The van der Waals surface area contributed by atoms with Gasteiger partial charge in [-0.3, -0.25) is 9.10 Å². The zero-order valence-electron chi connectivity index (χ0n) is 20.4. The van der Waals surface area contributed by atoms with Gasteiger partial charge in [-0.15, -0.1) is 0 Å². The lowest BCUT2D eigenvalue weighted by atomic mass is 10.0. The molecular formula is C29H27N3O4S. The Balaban J connectivity index is 1.41. The Bertz CT molecular complexity index is 1570. The number of anilines is 1. The molecule has 1 amide bonds. The van der Waals surface area contributed by atoms with Gasteiger partial charge in [-0.25, -0.2) is 13.8 Å². The van der Waals surface area contributed by atoms with Gasteiger partial charge in [0, 0.05) is 5.56 Å². The zero-order chi connectivity index (χ0) is 25.8. The molecule has 0 spiro atoms. The molecule has 0 fully saturated rings. The van der Waals surface area contributed by atoms with Gasteiger partial charge >= 0.3 is 0 Å². The SMILES string of the molecule is CCOc1ccccc1N(CC(=O)N/N=C\c1ccc2c3c(cccc13)CC2)S(=O)(=O)c1ccccc1. The van der Waals surface area contributed by atoms with E-state index >= 15 is 0 Å². The van der Waals surface area contributed by atoms with Crippen LogP contribution in [0.5, 0.6) is 5.75 Å². The Morgan fingerprint density at radius 1 is 0.946 bits per heavy atom. The van der Waals surface area contributed by atoms with Crippen LogP contribution in [-0.2, 0) is 27.7 Å². The van der Waals surface area contributed by atoms with Crippen LogP contribution in [0.15, 0.2) is 94.9 Å². The van der Waals surface area contributed by atoms with Crippen LogP contribution in [-0.4, -0.2) is 33.7 Å². The number of hydrogen-bond donors (Lipinski definition) is 1. The molecule has 188 valence electrons. The third-order valence-corrected chi connectivity index (χ3v) is 8.13. The Morgan fingerprint density at radius 2 is 1.68 bits per heavy atom. The highest BCUT2D eigenvalue weighted by Crippen LogP contribution is 2.33. The highest BCUT2D eigenvalue weighted by Gasteiger charge is 2.29. The molecule has 5 rings (SSSR count). The summed E-state index contributed by atoms with van der Waals surface area (Å²) in [5, 5.41) is 6.50. The molecule has 0 bridgehead atoms. The highest BCUT2D eigenvalue weighted by molar-refractivity contribution is 7.92. The van der Waals surface area contributed by atoms with E-state index in [4.69, 9.17) is 4.74 Å². The average molecular weight is 514 g/mol. The second-order valence-electron chi connectivity index (χ2n) is 8.67. The van der Waals surface area contributed by atoms with Crippen LogP contribution in [0.2, 0.25) is 0 Å². The predicted octanol–water partition coefficient (Wildman–Crippen LogP) is 4.68. The number of nitrogens with zero attached hydrogens (tertiary/aromatic N) is 2. The van der Waals surface area contributed by atoms with Crippen LogP contribution in [0.1, 0.15) is 23.6 Å². The molecule has 4 aromatic rings. The summed E-state index contributed by atoms with van der Waals surface area (Å²) in [7, 11) is -4.06. The van der Waals surface area contributed by atoms with Gasteiger partial charge < -0.3 is 4.74 Å². The number of ether oxygens (including phenoxy) is 1. The number of carbonyl (C=O) groups excluding carboxylic acids is 1. The van der Waals surface area contributed by atoms with E-state index < -0.39 is 22.5 Å². The molecule has 37 heavy (non-hydrogen) atoms. The van der Waals surface area contributed by atoms with E-state index in [2.05, 4.69) is 28.7 Å². The van der Waals surface area contributed by atoms with E-state index in [0.29, 0.717) is 12.4 Å². The molecule has 4 aromatic carbocycles. The van der Waals surface area contributed by atoms with Gasteiger partial charge in [0.2, 0.25) is 0 Å². The number of benzene rings is 4. The zero-order valence-corrected chi connectivity index (χ0v) is 21.2. The van der Waals surface area contributed by atoms with Gasteiger partial charge in [0.15, 0.2) is 0 Å². The minimum absolute atomic E-state index is 0.0745. The Hall–Kier alpha value is -4.17. The molecular weight excluding hydrogens is 486 g/mol. The lowest BCUT2D eigenvalue weighted by Crippen LogP contribution is -2.39. The summed E-state index contributed by atoms with van der Waals surface area (Å²) in [4.78, 5) is 13.0. The second kappa shape index (κ2) is 10.4. The van der Waals surface area contributed by atoms with Crippen molar-refractivity contribution in [3.63, 3.8) is 0 Å². The minimum Gasteiger partial charge on any atom is -0.492 e. The van der Waals surface area contributed by atoms with E-state index in [1.54, 1.807) is 48.7 Å². The molecule has 0 aromatic heterocycles. The predicted molar refractivity (Wildman–Crippen MR) is 146 cm³/mol. The minimum atomic E-state index is -4.06. The molecule has 8 heteroatoms. The van der Waals surface area contributed by atoms with E-state index in [1.807, 2.05) is 19.1 Å². The second-order valence-corrected chi connectivity index (χ2v) is 10.5. The fourth-order valence-corrected chi connectivity index (χ4v) is 6.13. The summed E-state index contributed by atoms with van der Waals surface area (Å²) in [6.45, 7) is 1.69. The lowest BCUT2D eigenvalue weighted by molar-refractivity contribution is -0.119. The largest absolute Gasteiger partial charge is 0.492 e. The summed E-state index contributed by atoms with van der Waals surface area (Å²) < 4.78 is 33.9. The number of hydrogen-bond acceptors (Lipinski definition) is 5. The van der Waals surface area contributed by atoms with Gasteiger partial charge in [0.05, 0.1) is 23.4 Å². The van der Waals surface area contributed by atoms with Gasteiger partial charge in [-0.2, -0.15) is 5.10 Å². The Labute approximate surface area is 216 Å². The smallest absolute Gasteiger partial charge is 0.264 e. The third-order valence-electron chi connectivity index (χ3n) is 6.36. The van der Waals surface area contributed by atoms with Crippen LogP contribution >= 0.6 is 0 Å². The molecule has 0 unspecified atom stereocenters. The van der Waals surface area contributed by atoms with Gasteiger partial charge in [0.25, 0.3) is 15.9 Å². The van der Waals surface area contributed by atoms with Gasteiger partial charge in [0.1, 0.15) is 12.3 Å². The average Bonchev–Trinajstić information content (AvgIpc) is 3.34. The van der Waals surface area contributed by atoms with E-state index in [-0.39, 0.29) is 10.6 Å². The maximum Gasteiger partial charge on any atom is 0.264 e. The number of sulfonamides is 1. The van der Waals surface area contributed by atoms with Crippen molar-refractivity contribution in [1.82, 2.24) is 5.43 Å². The van der Waals surface area contributed by atoms with Crippen molar-refractivity contribution >= 4 is 38.6 Å². The molecule has 1 N–H and O–H groups in total. The van der Waals surface area contributed by atoms with Crippen molar-refractivity contribution in [3.05, 3.63) is 102 Å². The maximum absolute atomic E-state index is 13.6. The topological polar surface area (TPSA) is 88.1 Å². The quantitative estimate of drug-likeness (QED) is 0.260. The van der Waals surface area contributed by atoms with Crippen molar-refractivity contribution in [2.24, 2.45) is 5.10 Å². The molecule has 0 saturated heterocycles. The fourth-order valence-electron chi connectivity index (χ4n) is 4.68. The van der Waals surface area contributed by atoms with Gasteiger partial charge in [-0.05, 0) is 65.9 Å². The summed E-state index contributed by atoms with van der Waals surface area (Å²) in [5.41, 5.74) is 6.31. The van der Waals surface area contributed by atoms with Crippen molar-refractivity contribution in [2.75, 3.05) is 17.5 Å². The number of carbonyl (C=O) groups is 1. The first-order chi connectivity index (χ1) is 18.0. The molecule has 0 saturated carbocycles. The standard InChI is InChI=1S/C29H27N3O4S/c1-2-36-27-14-7-6-13-26(27)32(37(34,35)24-10-4-3-5-11-24)20-28(33)31-30-19-23-18-17-22-16-15-21-9-8-12-25(23)29(21)22/h3-14,17-19H,2,15-16,20H2,1H3,(H,31,33)/b30-19-. The number of para-hydroxylation sites is 2. The van der Waals surface area contributed by atoms with Gasteiger partial charge in [-0.1, -0.05) is 60.7 Å². The number of aryl methyl sites for hydroxylation is 2. The highest BCUT2D eigenvalue weighted by atomic mass is 32.2. The van der Waals surface area contributed by atoms with Crippen molar-refractivity contribution in [3.8, 4) is 5.75 Å². The normalized spacial score (nSPS) is 12.7. The number of rotatable bonds is 9. The summed E-state index contributed by atoms with van der Waals surface area (Å²) >= 11 is 0. The summed E-state index contributed by atoms with van der Waals surface area (Å²) in [6.07, 6.45) is 3.65. The van der Waals surface area contributed by atoms with Crippen LogP contribution in [0.3, 0.4) is 0 Å². The van der Waals surface area contributed by atoms with E-state index in [1.165, 1.54) is 28.6 Å². The van der Waals surface area contributed by atoms with Crippen molar-refractivity contribution < 1.29 is 17.9 Å². The fraction of sp³-hybridized carbons (Fsp3) is 0.172. The first kappa shape index (κ1) is 24.5. The monoisotopic (exact) mass is 513 g/mol. The summed E-state index contributed by atoms with van der Waals surface area (Å²) in [6, 6.07) is 25.1. The number of nitrogens with one attached hydrogen (secondary N) is 1. The number of hydrazone groups is 1. The van der Waals surface area contributed by atoms with E-state index in [0.717, 1.165) is 28.1 Å². The molecule has 1 aliphatic carbocycles. The van der Waals surface area contributed by atoms with Crippen LogP contribution in [0.25, 0.3) is 10.8 Å². The molecule has 0 atom stereocenters. The third kappa shape index (κ3) is 4.93. The number of amides is 1. The van der Waals surface area contributed by atoms with Crippen molar-refractivity contribution in [2.45, 2.75) is 24.7 Å². The van der Waals surface area contributed by atoms with E-state index in [9.17, 15) is 13.2 Å². The Morgan fingerprint density at radius 3 is 2.46 bits per heavy atom. The molecule has 1 aliphatic rings. The van der Waals surface area contributed by atoms with Crippen LogP contribution in [0.4, 0.5) is 5.69 Å².